The third-order valence-corrected chi connectivity index (χ3v) is 0.412. The Balaban J connectivity index is -0.000000180. The molecule has 1 radical (unpaired) electrons. The molecule has 0 fully saturated rings. The van der Waals surface area contributed by atoms with E-state index in [0.29, 0.717) is 0 Å². The monoisotopic (exact) mass is 177 g/mol. The smallest absolute Gasteiger partial charge is 0.155 e. The summed E-state index contributed by atoms with van der Waals surface area (Å²) in [4.78, 5) is 10.0. The van der Waals surface area contributed by atoms with Crippen LogP contribution in [-0.4, -0.2) is 16.4 Å². The second-order valence-corrected chi connectivity index (χ2v) is 1.40. The molecule has 0 atom stereocenters. The van der Waals surface area contributed by atoms with E-state index in [1.54, 1.807) is 0 Å². The molecule has 57 valence electrons. The van der Waals surface area contributed by atoms with Crippen LogP contribution in [-0.2, 0) is 21.6 Å². The van der Waals surface area contributed by atoms with Gasteiger partial charge in [0.15, 0.2) is 5.78 Å². The molecule has 0 bridgehead atoms. The molecule has 0 heterocycles. The minimum atomic E-state index is -0.125. The van der Waals surface area contributed by atoms with Crippen LogP contribution in [0.1, 0.15) is 13.8 Å². The molecule has 0 unspecified atom stereocenters. The van der Waals surface area contributed by atoms with Gasteiger partial charge >= 0.3 is 0 Å². The molecule has 0 saturated heterocycles. The molecule has 0 aromatic heterocycles. The molecule has 9 heavy (non-hydrogen) atoms. The normalized spacial score (nSPS) is 8.89. The van der Waals surface area contributed by atoms with Gasteiger partial charge in [0.05, 0.1) is 5.76 Å². The SMILES string of the molecule is CC(=O)/C=C(/C)O.O.[Co]. The summed E-state index contributed by atoms with van der Waals surface area (Å²) in [5, 5.41) is 8.36. The number of ketones is 1. The number of carbonyl (C=O) groups is 1. The molecule has 3 N–H and O–H groups in total. The molecule has 0 aliphatic carbocycles. The van der Waals surface area contributed by atoms with Crippen molar-refractivity contribution in [3.63, 3.8) is 0 Å². The van der Waals surface area contributed by atoms with Crippen molar-refractivity contribution in [3.8, 4) is 0 Å². The van der Waals surface area contributed by atoms with Crippen molar-refractivity contribution in [2.45, 2.75) is 13.8 Å². The van der Waals surface area contributed by atoms with Crippen LogP contribution in [0.5, 0.6) is 0 Å². The van der Waals surface area contributed by atoms with Crippen LogP contribution >= 0.6 is 0 Å². The Morgan fingerprint density at radius 1 is 1.44 bits per heavy atom. The number of aliphatic hydroxyl groups is 1. The van der Waals surface area contributed by atoms with Gasteiger partial charge in [-0.05, 0) is 13.8 Å². The first-order valence-corrected chi connectivity index (χ1v) is 2.01. The van der Waals surface area contributed by atoms with E-state index in [2.05, 4.69) is 0 Å². The minimum absolute atomic E-state index is 0. The Morgan fingerprint density at radius 3 is 1.78 bits per heavy atom. The summed E-state index contributed by atoms with van der Waals surface area (Å²) in [6, 6.07) is 0. The summed E-state index contributed by atoms with van der Waals surface area (Å²) >= 11 is 0. The molecule has 0 spiro atoms. The van der Waals surface area contributed by atoms with E-state index in [1.165, 1.54) is 19.9 Å². The predicted octanol–water partition coefficient (Wildman–Crippen LogP) is 0.210. The zero-order chi connectivity index (χ0) is 5.86. The standard InChI is InChI=1S/C5H8O2.Co.H2O/c1-4(6)3-5(2)7;;/h3,6H,1-2H3;;1H2/b4-3-;;. The largest absolute Gasteiger partial charge is 0.512 e. The first-order valence-electron chi connectivity index (χ1n) is 2.01. The maximum Gasteiger partial charge on any atom is 0.155 e. The van der Waals surface area contributed by atoms with E-state index in [9.17, 15) is 4.79 Å². The van der Waals surface area contributed by atoms with Crippen molar-refractivity contribution in [1.82, 2.24) is 0 Å². The zero-order valence-electron chi connectivity index (χ0n) is 5.27. The molecule has 3 nitrogen and oxygen atoms in total. The van der Waals surface area contributed by atoms with Gasteiger partial charge in [-0.15, -0.1) is 0 Å². The number of aliphatic hydroxyl groups excluding tert-OH is 1. The van der Waals surface area contributed by atoms with Gasteiger partial charge < -0.3 is 10.6 Å². The number of carbonyl (C=O) groups excluding carboxylic acids is 1. The van der Waals surface area contributed by atoms with Crippen molar-refractivity contribution in [2.75, 3.05) is 0 Å². The molecule has 0 aromatic carbocycles. The zero-order valence-corrected chi connectivity index (χ0v) is 6.31. The maximum absolute atomic E-state index is 10.0. The first kappa shape index (κ1) is 15.9. The van der Waals surface area contributed by atoms with Crippen LogP contribution in [0.15, 0.2) is 11.8 Å². The summed E-state index contributed by atoms with van der Waals surface area (Å²) in [5.41, 5.74) is 0. The van der Waals surface area contributed by atoms with Crippen molar-refractivity contribution in [3.05, 3.63) is 11.8 Å². The van der Waals surface area contributed by atoms with Gasteiger partial charge in [-0.1, -0.05) is 0 Å². The Hall–Kier alpha value is -0.324. The third-order valence-electron chi connectivity index (χ3n) is 0.412. The quantitative estimate of drug-likeness (QED) is 0.459. The fraction of sp³-hybridized carbons (Fsp3) is 0.400. The van der Waals surface area contributed by atoms with Crippen molar-refractivity contribution in [1.29, 1.82) is 0 Å². The maximum atomic E-state index is 10.0. The van der Waals surface area contributed by atoms with Crippen molar-refractivity contribution >= 4 is 5.78 Å². The fourth-order valence-electron chi connectivity index (χ4n) is 0.294. The second kappa shape index (κ2) is 7.68. The van der Waals surface area contributed by atoms with Crippen LogP contribution in [0.3, 0.4) is 0 Å². The summed E-state index contributed by atoms with van der Waals surface area (Å²) in [6.45, 7) is 2.85. The van der Waals surface area contributed by atoms with Gasteiger partial charge in [0.2, 0.25) is 0 Å². The molecular weight excluding hydrogens is 167 g/mol. The van der Waals surface area contributed by atoms with Gasteiger partial charge in [-0.2, -0.15) is 0 Å². The van der Waals surface area contributed by atoms with Gasteiger partial charge in [-0.25, -0.2) is 0 Å². The van der Waals surface area contributed by atoms with Crippen LogP contribution in [0, 0.1) is 0 Å². The van der Waals surface area contributed by atoms with E-state index in [1.807, 2.05) is 0 Å². The summed E-state index contributed by atoms with van der Waals surface area (Å²) in [5.74, 6) is -0.0625. The average molecular weight is 177 g/mol. The van der Waals surface area contributed by atoms with Gasteiger partial charge in [0.1, 0.15) is 0 Å². The minimum Gasteiger partial charge on any atom is -0.512 e. The van der Waals surface area contributed by atoms with E-state index in [0.717, 1.165) is 0 Å². The van der Waals surface area contributed by atoms with Crippen LogP contribution in [0.25, 0.3) is 0 Å². The van der Waals surface area contributed by atoms with Gasteiger partial charge in [0.25, 0.3) is 0 Å². The van der Waals surface area contributed by atoms with Gasteiger partial charge in [-0.3, -0.25) is 4.79 Å². The summed E-state index contributed by atoms with van der Waals surface area (Å²) in [7, 11) is 0. The number of allylic oxidation sites excluding steroid dienone is 2. The molecule has 0 aliphatic heterocycles. The third kappa shape index (κ3) is 18.3. The number of hydrogen-bond donors (Lipinski definition) is 1. The molecular formula is C5H10CoO3. The Labute approximate surface area is 64.3 Å². The fourth-order valence-corrected chi connectivity index (χ4v) is 0.294. The first-order chi connectivity index (χ1) is 3.13. The molecule has 0 aromatic rings. The molecule has 0 saturated carbocycles. The number of rotatable bonds is 1. The van der Waals surface area contributed by atoms with E-state index in [-0.39, 0.29) is 33.8 Å². The Bertz CT molecular complexity index is 105. The van der Waals surface area contributed by atoms with Crippen molar-refractivity contribution in [2.24, 2.45) is 0 Å². The summed E-state index contributed by atoms with van der Waals surface area (Å²) < 4.78 is 0. The van der Waals surface area contributed by atoms with Crippen LogP contribution in [0.4, 0.5) is 0 Å². The van der Waals surface area contributed by atoms with E-state index in [4.69, 9.17) is 5.11 Å². The molecule has 0 aliphatic rings. The average Bonchev–Trinajstić information content (AvgIpc) is 1.27. The van der Waals surface area contributed by atoms with Gasteiger partial charge in [0, 0.05) is 22.9 Å². The topological polar surface area (TPSA) is 68.8 Å². The van der Waals surface area contributed by atoms with E-state index >= 15 is 0 Å². The van der Waals surface area contributed by atoms with E-state index < -0.39 is 0 Å². The number of hydrogen-bond acceptors (Lipinski definition) is 2. The molecule has 4 heteroatoms. The van der Waals surface area contributed by atoms with Crippen molar-refractivity contribution < 1.29 is 32.2 Å². The molecule has 0 rings (SSSR count). The summed E-state index contributed by atoms with van der Waals surface area (Å²) in [6.07, 6.45) is 1.17. The Morgan fingerprint density at radius 2 is 1.78 bits per heavy atom. The predicted molar refractivity (Wildman–Crippen MR) is 30.7 cm³/mol. The Kier molecular flexibility index (Phi) is 13.5. The van der Waals surface area contributed by atoms with Crippen LogP contribution in [0.2, 0.25) is 0 Å². The second-order valence-electron chi connectivity index (χ2n) is 1.40. The van der Waals surface area contributed by atoms with Crippen LogP contribution < -0.4 is 0 Å². The molecule has 0 amide bonds.